The first-order valence-electron chi connectivity index (χ1n) is 9.79. The Morgan fingerprint density at radius 2 is 1.86 bits per heavy atom. The summed E-state index contributed by atoms with van der Waals surface area (Å²) in [7, 11) is 1.96. The van der Waals surface area contributed by atoms with Gasteiger partial charge in [0.25, 0.3) is 5.91 Å². The number of aromatic nitrogens is 1. The first kappa shape index (κ1) is 18.7. The van der Waals surface area contributed by atoms with Crippen LogP contribution in [0.1, 0.15) is 28.2 Å². The van der Waals surface area contributed by atoms with Crippen LogP contribution in [0.3, 0.4) is 0 Å². The zero-order valence-corrected chi connectivity index (χ0v) is 16.7. The molecule has 2 saturated heterocycles. The van der Waals surface area contributed by atoms with E-state index in [9.17, 15) is 14.7 Å². The number of hydrogen-bond acceptors (Lipinski definition) is 3. The Kier molecular flexibility index (Phi) is 4.54. The van der Waals surface area contributed by atoms with Crippen LogP contribution in [0.15, 0.2) is 36.4 Å². The largest absolute Gasteiger partial charge is 0.481 e. The van der Waals surface area contributed by atoms with Gasteiger partial charge in [0, 0.05) is 36.7 Å². The molecule has 2 atom stereocenters. The number of carboxylic acid groups (broad SMARTS) is 1. The summed E-state index contributed by atoms with van der Waals surface area (Å²) >= 11 is 0. The summed E-state index contributed by atoms with van der Waals surface area (Å²) < 4.78 is 2.08. The summed E-state index contributed by atoms with van der Waals surface area (Å²) in [4.78, 5) is 29.3. The third-order valence-corrected chi connectivity index (χ3v) is 6.50. The smallest absolute Gasteiger partial charge is 0.313 e. The number of para-hydroxylation sites is 1. The predicted molar refractivity (Wildman–Crippen MR) is 107 cm³/mol. The SMILES string of the molecule is Cc1cc(C(=O)N2C[C@@H]3CCN(C)C[C@]3(C(=O)O)C2)c(C)n1-c1ccccc1. The van der Waals surface area contributed by atoms with E-state index in [0.29, 0.717) is 18.7 Å². The number of amides is 1. The predicted octanol–water partition coefficient (Wildman–Crippen LogP) is 2.57. The molecule has 148 valence electrons. The van der Waals surface area contributed by atoms with E-state index in [0.717, 1.165) is 30.0 Å². The molecule has 1 aromatic heterocycles. The lowest BCUT2D eigenvalue weighted by Gasteiger charge is -2.39. The van der Waals surface area contributed by atoms with Crippen molar-refractivity contribution >= 4 is 11.9 Å². The molecule has 1 N–H and O–H groups in total. The van der Waals surface area contributed by atoms with E-state index in [1.807, 2.05) is 57.3 Å². The summed E-state index contributed by atoms with van der Waals surface area (Å²) in [5, 5.41) is 9.97. The molecule has 1 amide bonds. The molecular formula is C22H27N3O3. The lowest BCUT2D eigenvalue weighted by molar-refractivity contribution is -0.153. The molecule has 4 rings (SSSR count). The molecule has 0 spiro atoms. The minimum atomic E-state index is -0.854. The second-order valence-electron chi connectivity index (χ2n) is 8.33. The van der Waals surface area contributed by atoms with E-state index >= 15 is 0 Å². The van der Waals surface area contributed by atoms with Crippen molar-refractivity contribution in [3.8, 4) is 5.69 Å². The van der Waals surface area contributed by atoms with Crippen LogP contribution < -0.4 is 0 Å². The van der Waals surface area contributed by atoms with Crippen LogP contribution in [0.5, 0.6) is 0 Å². The zero-order chi connectivity index (χ0) is 20.1. The first-order chi connectivity index (χ1) is 13.3. The van der Waals surface area contributed by atoms with Gasteiger partial charge in [-0.05, 0) is 58.0 Å². The fourth-order valence-electron chi connectivity index (χ4n) is 5.05. The number of fused-ring (bicyclic) bond motifs is 1. The molecule has 6 nitrogen and oxygen atoms in total. The lowest BCUT2D eigenvalue weighted by atomic mass is 9.73. The average molecular weight is 381 g/mol. The van der Waals surface area contributed by atoms with Gasteiger partial charge in [0.1, 0.15) is 5.41 Å². The number of carboxylic acids is 1. The number of aryl methyl sites for hydroxylation is 1. The van der Waals surface area contributed by atoms with Crippen LogP contribution in [-0.4, -0.2) is 64.6 Å². The average Bonchev–Trinajstić information content (AvgIpc) is 3.20. The zero-order valence-electron chi connectivity index (χ0n) is 16.7. The van der Waals surface area contributed by atoms with Crippen LogP contribution in [0.25, 0.3) is 5.69 Å². The molecule has 28 heavy (non-hydrogen) atoms. The van der Waals surface area contributed by atoms with E-state index in [-0.39, 0.29) is 18.4 Å². The molecule has 2 fully saturated rings. The Morgan fingerprint density at radius 1 is 1.14 bits per heavy atom. The highest BCUT2D eigenvalue weighted by Crippen LogP contribution is 2.42. The number of carbonyl (C=O) groups excluding carboxylic acids is 1. The van der Waals surface area contributed by atoms with Crippen molar-refractivity contribution in [2.45, 2.75) is 20.3 Å². The second kappa shape index (κ2) is 6.78. The minimum absolute atomic E-state index is 0.0164. The number of aliphatic carboxylic acids is 1. The summed E-state index contributed by atoms with van der Waals surface area (Å²) in [5.41, 5.74) is 2.72. The Labute approximate surface area is 165 Å². The standard InChI is InChI=1S/C22H27N3O3/c1-15-11-19(16(2)25(15)18-7-5-4-6-8-18)20(26)24-12-17-9-10-23(3)13-22(17,14-24)21(27)28/h4-8,11,17H,9-10,12-14H2,1-3H3,(H,27,28)/t17-,22-/m0/s1. The van der Waals surface area contributed by atoms with Gasteiger partial charge in [-0.3, -0.25) is 9.59 Å². The van der Waals surface area contributed by atoms with Crippen LogP contribution >= 0.6 is 0 Å². The Morgan fingerprint density at radius 3 is 2.54 bits per heavy atom. The van der Waals surface area contributed by atoms with Gasteiger partial charge in [-0.2, -0.15) is 0 Å². The highest BCUT2D eigenvalue weighted by atomic mass is 16.4. The van der Waals surface area contributed by atoms with Gasteiger partial charge in [-0.1, -0.05) is 18.2 Å². The van der Waals surface area contributed by atoms with Crippen LogP contribution in [-0.2, 0) is 4.79 Å². The van der Waals surface area contributed by atoms with E-state index < -0.39 is 11.4 Å². The van der Waals surface area contributed by atoms with Gasteiger partial charge in [0.2, 0.25) is 0 Å². The van der Waals surface area contributed by atoms with Crippen molar-refractivity contribution in [3.05, 3.63) is 53.3 Å². The maximum absolute atomic E-state index is 13.4. The fraction of sp³-hybridized carbons (Fsp3) is 0.455. The van der Waals surface area contributed by atoms with Gasteiger partial charge in [-0.25, -0.2) is 0 Å². The van der Waals surface area contributed by atoms with Gasteiger partial charge in [0.15, 0.2) is 0 Å². The molecule has 2 aliphatic rings. The third-order valence-electron chi connectivity index (χ3n) is 6.50. The van der Waals surface area contributed by atoms with Crippen LogP contribution in [0.2, 0.25) is 0 Å². The molecule has 0 aliphatic carbocycles. The molecule has 6 heteroatoms. The third kappa shape index (κ3) is 2.83. The van der Waals surface area contributed by atoms with Gasteiger partial charge >= 0.3 is 5.97 Å². The number of piperidine rings is 1. The molecule has 2 aromatic rings. The maximum atomic E-state index is 13.4. The van der Waals surface area contributed by atoms with E-state index in [1.165, 1.54) is 0 Å². The van der Waals surface area contributed by atoms with Gasteiger partial charge < -0.3 is 19.5 Å². The summed E-state index contributed by atoms with van der Waals surface area (Å²) in [6.07, 6.45) is 0.815. The number of hydrogen-bond donors (Lipinski definition) is 1. The quantitative estimate of drug-likeness (QED) is 0.888. The number of benzene rings is 1. The van der Waals surface area contributed by atoms with Crippen LogP contribution in [0.4, 0.5) is 0 Å². The topological polar surface area (TPSA) is 65.8 Å². The van der Waals surface area contributed by atoms with E-state index in [1.54, 1.807) is 4.90 Å². The molecule has 0 bridgehead atoms. The number of likely N-dealkylation sites (tertiary alicyclic amines) is 2. The number of rotatable bonds is 3. The van der Waals surface area contributed by atoms with E-state index in [2.05, 4.69) is 9.47 Å². The Bertz CT molecular complexity index is 921. The monoisotopic (exact) mass is 381 g/mol. The first-order valence-corrected chi connectivity index (χ1v) is 9.79. The summed E-state index contributed by atoms with van der Waals surface area (Å²) in [6, 6.07) is 11.9. The van der Waals surface area contributed by atoms with Crippen molar-refractivity contribution in [1.29, 1.82) is 0 Å². The van der Waals surface area contributed by atoms with Gasteiger partial charge in [-0.15, -0.1) is 0 Å². The molecule has 0 saturated carbocycles. The summed E-state index contributed by atoms with van der Waals surface area (Å²) in [6.45, 7) is 6.13. The molecule has 2 aliphatic heterocycles. The van der Waals surface area contributed by atoms with Crippen molar-refractivity contribution in [2.24, 2.45) is 11.3 Å². The van der Waals surface area contributed by atoms with Crippen molar-refractivity contribution in [2.75, 3.05) is 33.2 Å². The maximum Gasteiger partial charge on any atom is 0.313 e. The highest BCUT2D eigenvalue weighted by Gasteiger charge is 2.55. The molecule has 1 aromatic carbocycles. The molecule has 0 unspecified atom stereocenters. The van der Waals surface area contributed by atoms with E-state index in [4.69, 9.17) is 0 Å². The Hall–Kier alpha value is -2.60. The number of carbonyl (C=O) groups is 2. The van der Waals surface area contributed by atoms with Crippen molar-refractivity contribution in [3.63, 3.8) is 0 Å². The van der Waals surface area contributed by atoms with Gasteiger partial charge in [0.05, 0.1) is 5.56 Å². The second-order valence-corrected chi connectivity index (χ2v) is 8.33. The molecule has 0 radical (unpaired) electrons. The molecular weight excluding hydrogens is 354 g/mol. The normalized spacial score (nSPS) is 25.0. The minimum Gasteiger partial charge on any atom is -0.481 e. The summed E-state index contributed by atoms with van der Waals surface area (Å²) in [5.74, 6) is -0.829. The highest BCUT2D eigenvalue weighted by molar-refractivity contribution is 5.97. The van der Waals surface area contributed by atoms with Crippen LogP contribution in [0, 0.1) is 25.2 Å². The molecule has 3 heterocycles. The lowest BCUT2D eigenvalue weighted by Crippen LogP contribution is -2.52. The fourth-order valence-corrected chi connectivity index (χ4v) is 5.05. The number of nitrogens with zero attached hydrogens (tertiary/aromatic N) is 3. The van der Waals surface area contributed by atoms with Crippen molar-refractivity contribution in [1.82, 2.24) is 14.4 Å². The van der Waals surface area contributed by atoms with Crippen molar-refractivity contribution < 1.29 is 14.7 Å². The Balaban J connectivity index is 1.65.